The van der Waals surface area contributed by atoms with Crippen molar-refractivity contribution in [1.82, 2.24) is 21.3 Å². The molecule has 0 aromatic heterocycles. The highest BCUT2D eigenvalue weighted by Gasteiger charge is 2.41. The molecule has 0 bridgehead atoms. The molecule has 5 rings (SSSR count). The first-order chi connectivity index (χ1) is 30.9. The van der Waals surface area contributed by atoms with Crippen molar-refractivity contribution >= 4 is 47.1 Å². The SMILES string of the molecule is CCOC(=O)C1=C(C)NC(COCCNCc2cccc(CNCCOCC3=C(C(=O)OCC)C(c4ccccc4Cl)C(C(=O)OC)=C(C)N3)c2)=C(C(=O)OC)C1c1ccccc1Cl. The highest BCUT2D eigenvalue weighted by molar-refractivity contribution is 6.32. The van der Waals surface area contributed by atoms with Crippen LogP contribution in [0.2, 0.25) is 10.0 Å². The molecule has 16 heteroatoms. The molecular weight excluding hydrogens is 863 g/mol. The first kappa shape index (κ1) is 49.5. The maximum absolute atomic E-state index is 13.5. The summed E-state index contributed by atoms with van der Waals surface area (Å²) in [4.78, 5) is 53.0. The van der Waals surface area contributed by atoms with Crippen molar-refractivity contribution in [3.8, 4) is 0 Å². The maximum atomic E-state index is 13.5. The average Bonchev–Trinajstić information content (AvgIpc) is 3.28. The summed E-state index contributed by atoms with van der Waals surface area (Å²) < 4.78 is 33.2. The summed E-state index contributed by atoms with van der Waals surface area (Å²) in [5, 5.41) is 14.0. The Morgan fingerprint density at radius 1 is 0.578 bits per heavy atom. The Hall–Kier alpha value is -5.48. The Balaban J connectivity index is 1.13. The highest BCUT2D eigenvalue weighted by atomic mass is 35.5. The van der Waals surface area contributed by atoms with E-state index in [1.54, 1.807) is 76.2 Å². The molecule has 4 N–H and O–H groups in total. The zero-order chi connectivity index (χ0) is 46.2. The summed E-state index contributed by atoms with van der Waals surface area (Å²) in [7, 11) is 2.58. The predicted octanol–water partition coefficient (Wildman–Crippen LogP) is 6.51. The summed E-state index contributed by atoms with van der Waals surface area (Å²) in [5.74, 6) is -3.99. The van der Waals surface area contributed by atoms with Crippen molar-refractivity contribution in [1.29, 1.82) is 0 Å². The van der Waals surface area contributed by atoms with Gasteiger partial charge in [-0.3, -0.25) is 0 Å². The van der Waals surface area contributed by atoms with E-state index in [9.17, 15) is 19.2 Å². The fraction of sp³-hybridized carbons (Fsp3) is 0.375. The lowest BCUT2D eigenvalue weighted by Crippen LogP contribution is -2.35. The molecule has 2 aliphatic rings. The number of methoxy groups -OCH3 is 2. The number of halogens is 2. The first-order valence-electron chi connectivity index (χ1n) is 21.0. The third-order valence-corrected chi connectivity index (χ3v) is 11.2. The number of ether oxygens (including phenoxy) is 6. The largest absolute Gasteiger partial charge is 0.466 e. The van der Waals surface area contributed by atoms with Crippen molar-refractivity contribution in [3.63, 3.8) is 0 Å². The number of esters is 4. The lowest BCUT2D eigenvalue weighted by Gasteiger charge is -2.31. The fourth-order valence-corrected chi connectivity index (χ4v) is 8.16. The number of dihydropyridines is 2. The Labute approximate surface area is 384 Å². The highest BCUT2D eigenvalue weighted by Crippen LogP contribution is 2.43. The van der Waals surface area contributed by atoms with Crippen LogP contribution in [0.15, 0.2) is 118 Å². The molecule has 2 heterocycles. The average molecular weight is 920 g/mol. The van der Waals surface area contributed by atoms with Crippen LogP contribution in [0.4, 0.5) is 0 Å². The minimum Gasteiger partial charge on any atom is -0.466 e. The molecule has 0 amide bonds. The third kappa shape index (κ3) is 12.4. The van der Waals surface area contributed by atoms with E-state index in [2.05, 4.69) is 27.3 Å². The number of carbonyl (C=O) groups is 4. The lowest BCUT2D eigenvalue weighted by molar-refractivity contribution is -0.140. The summed E-state index contributed by atoms with van der Waals surface area (Å²) in [6.07, 6.45) is 0. The van der Waals surface area contributed by atoms with Crippen LogP contribution in [0.1, 0.15) is 61.8 Å². The summed E-state index contributed by atoms with van der Waals surface area (Å²) in [6, 6.07) is 22.3. The molecule has 0 spiro atoms. The molecule has 0 fully saturated rings. The van der Waals surface area contributed by atoms with Crippen molar-refractivity contribution in [2.45, 2.75) is 52.6 Å². The van der Waals surface area contributed by atoms with E-state index in [0.717, 1.165) is 11.1 Å². The number of carbonyl (C=O) groups excluding carboxylic acids is 4. The number of allylic oxidation sites excluding steroid dienone is 2. The van der Waals surface area contributed by atoms with Gasteiger partial charge in [-0.15, -0.1) is 0 Å². The molecule has 14 nitrogen and oxygen atoms in total. The number of nitrogens with one attached hydrogen (secondary N) is 4. The van der Waals surface area contributed by atoms with Crippen LogP contribution >= 0.6 is 23.2 Å². The Morgan fingerprint density at radius 3 is 1.42 bits per heavy atom. The fourth-order valence-electron chi connectivity index (χ4n) is 7.67. The van der Waals surface area contributed by atoms with E-state index in [1.807, 2.05) is 18.2 Å². The zero-order valence-electron chi connectivity index (χ0n) is 37.0. The molecule has 3 aromatic carbocycles. The molecule has 342 valence electrons. The predicted molar refractivity (Wildman–Crippen MR) is 243 cm³/mol. The van der Waals surface area contributed by atoms with Gasteiger partial charge in [-0.1, -0.05) is 83.9 Å². The van der Waals surface area contributed by atoms with Crippen LogP contribution in [-0.2, 0) is 60.7 Å². The van der Waals surface area contributed by atoms with Gasteiger partial charge < -0.3 is 49.7 Å². The van der Waals surface area contributed by atoms with Gasteiger partial charge in [-0.05, 0) is 62.1 Å². The molecule has 0 saturated carbocycles. The first-order valence-corrected chi connectivity index (χ1v) is 21.8. The summed E-state index contributed by atoms with van der Waals surface area (Å²) in [5.41, 5.74) is 6.31. The molecule has 2 unspecified atom stereocenters. The van der Waals surface area contributed by atoms with Crippen LogP contribution in [0.5, 0.6) is 0 Å². The minimum absolute atomic E-state index is 0.0577. The van der Waals surface area contributed by atoms with E-state index >= 15 is 0 Å². The van der Waals surface area contributed by atoms with Gasteiger partial charge >= 0.3 is 23.9 Å². The van der Waals surface area contributed by atoms with Crippen molar-refractivity contribution in [2.24, 2.45) is 0 Å². The topological polar surface area (TPSA) is 172 Å². The Bertz CT molecular complexity index is 2310. The van der Waals surface area contributed by atoms with Crippen LogP contribution in [0, 0.1) is 0 Å². The van der Waals surface area contributed by atoms with E-state index < -0.39 is 35.7 Å². The molecular formula is C48H56Cl2N4O10. The van der Waals surface area contributed by atoms with Gasteiger partial charge in [0.2, 0.25) is 0 Å². The Morgan fingerprint density at radius 2 is 0.984 bits per heavy atom. The van der Waals surface area contributed by atoms with Crippen molar-refractivity contribution in [3.05, 3.63) is 150 Å². The second-order valence-electron chi connectivity index (χ2n) is 14.7. The zero-order valence-corrected chi connectivity index (χ0v) is 38.5. The second kappa shape index (κ2) is 24.5. The van der Waals surface area contributed by atoms with E-state index in [-0.39, 0.29) is 48.7 Å². The lowest BCUT2D eigenvalue weighted by atomic mass is 9.80. The third-order valence-electron chi connectivity index (χ3n) is 10.5. The number of benzene rings is 3. The van der Waals surface area contributed by atoms with Crippen molar-refractivity contribution < 1.29 is 47.6 Å². The van der Waals surface area contributed by atoms with Crippen LogP contribution < -0.4 is 21.3 Å². The van der Waals surface area contributed by atoms with Crippen molar-refractivity contribution in [2.75, 3.05) is 67.0 Å². The molecule has 2 aliphatic heterocycles. The second-order valence-corrected chi connectivity index (χ2v) is 15.5. The molecule has 64 heavy (non-hydrogen) atoms. The summed E-state index contributed by atoms with van der Waals surface area (Å²) in [6.45, 7) is 10.3. The molecule has 0 radical (unpaired) electrons. The number of hydrogen-bond donors (Lipinski definition) is 4. The minimum atomic E-state index is -0.824. The van der Waals surface area contributed by atoms with Gasteiger partial charge in [0.05, 0.1) is 99.4 Å². The van der Waals surface area contributed by atoms with E-state index in [1.165, 1.54) is 14.2 Å². The Kier molecular flexibility index (Phi) is 19.0. The van der Waals surface area contributed by atoms with Crippen LogP contribution in [0.25, 0.3) is 0 Å². The molecule has 3 aromatic rings. The van der Waals surface area contributed by atoms with Gasteiger partial charge in [-0.25, -0.2) is 19.2 Å². The van der Waals surface area contributed by atoms with Crippen LogP contribution in [-0.4, -0.2) is 90.8 Å². The number of hydrogen-bond acceptors (Lipinski definition) is 14. The molecule has 2 atom stereocenters. The van der Waals surface area contributed by atoms with Gasteiger partial charge in [-0.2, -0.15) is 0 Å². The van der Waals surface area contributed by atoms with Gasteiger partial charge in [0.15, 0.2) is 0 Å². The van der Waals surface area contributed by atoms with E-state index in [0.29, 0.717) is 83.4 Å². The van der Waals surface area contributed by atoms with Gasteiger partial charge in [0, 0.05) is 47.6 Å². The van der Waals surface area contributed by atoms with Gasteiger partial charge in [0.25, 0.3) is 0 Å². The van der Waals surface area contributed by atoms with Crippen LogP contribution in [0.3, 0.4) is 0 Å². The normalized spacial score (nSPS) is 16.3. The standard InChI is InChI=1S/C48H56Cl2N4O10/c1-7-63-47(57)40-30(4)54-37(43(46(56)60-6)42(40)34-17-10-12-19-36(34)50)27-61-22-20-51-25-31-14-13-15-32(24-31)26-52-21-23-62-28-38-44(48(58)64-8-2)41(33-16-9-11-18-35(33)49)39(29(3)53-38)45(55)59-5/h9-19,24,41-42,51-54H,7-8,20-23,25-28H2,1-6H3. The maximum Gasteiger partial charge on any atom is 0.336 e. The smallest absolute Gasteiger partial charge is 0.336 e. The monoisotopic (exact) mass is 918 g/mol. The summed E-state index contributed by atoms with van der Waals surface area (Å²) >= 11 is 13.2. The van der Waals surface area contributed by atoms with E-state index in [4.69, 9.17) is 51.6 Å². The molecule has 0 aliphatic carbocycles. The quantitative estimate of drug-likeness (QED) is 0.0489. The molecule has 0 saturated heterocycles. The van der Waals surface area contributed by atoms with Gasteiger partial charge in [0.1, 0.15) is 0 Å². The number of rotatable bonds is 22.